The fraction of sp³-hybridized carbons (Fsp3) is 0.533. The standard InChI is InChI=1S/C15H22N2O/c1-3-15(2)10-13(15)14(18)17-9-8-11-4-6-12(16)7-5-11/h4-7,13H,3,8-10,16H2,1-2H3,(H,17,18). The summed E-state index contributed by atoms with van der Waals surface area (Å²) in [6, 6.07) is 7.81. The van der Waals surface area contributed by atoms with Gasteiger partial charge in [-0.05, 0) is 42.4 Å². The Hall–Kier alpha value is -1.51. The van der Waals surface area contributed by atoms with Gasteiger partial charge in [-0.25, -0.2) is 0 Å². The maximum Gasteiger partial charge on any atom is 0.223 e. The first-order valence-electron chi connectivity index (χ1n) is 6.67. The van der Waals surface area contributed by atoms with Gasteiger partial charge in [0, 0.05) is 18.2 Å². The first kappa shape index (κ1) is 12.9. The predicted molar refractivity (Wildman–Crippen MR) is 74.1 cm³/mol. The van der Waals surface area contributed by atoms with Gasteiger partial charge in [0.15, 0.2) is 0 Å². The highest BCUT2D eigenvalue weighted by Crippen LogP contribution is 2.54. The number of hydrogen-bond donors (Lipinski definition) is 2. The van der Waals surface area contributed by atoms with Gasteiger partial charge in [0.25, 0.3) is 0 Å². The molecule has 2 rings (SSSR count). The number of carbonyl (C=O) groups excluding carboxylic acids is 1. The summed E-state index contributed by atoms with van der Waals surface area (Å²) in [4.78, 5) is 11.9. The number of benzene rings is 1. The molecule has 0 aliphatic heterocycles. The SMILES string of the molecule is CCC1(C)CC1C(=O)NCCc1ccc(N)cc1. The Bertz CT molecular complexity index is 427. The molecule has 3 N–H and O–H groups in total. The van der Waals surface area contributed by atoms with E-state index in [1.807, 2.05) is 24.3 Å². The number of nitrogen functional groups attached to an aromatic ring is 1. The maximum atomic E-state index is 11.9. The lowest BCUT2D eigenvalue weighted by Gasteiger charge is -2.08. The van der Waals surface area contributed by atoms with E-state index in [0.29, 0.717) is 6.54 Å². The number of amides is 1. The molecule has 0 bridgehead atoms. The highest BCUT2D eigenvalue weighted by molar-refractivity contribution is 5.82. The number of rotatable bonds is 5. The molecule has 0 saturated heterocycles. The molecule has 1 saturated carbocycles. The van der Waals surface area contributed by atoms with Crippen LogP contribution in [0.15, 0.2) is 24.3 Å². The molecule has 3 heteroatoms. The molecule has 1 fully saturated rings. The van der Waals surface area contributed by atoms with Crippen LogP contribution in [0.25, 0.3) is 0 Å². The third-order valence-corrected chi connectivity index (χ3v) is 4.17. The summed E-state index contributed by atoms with van der Waals surface area (Å²) in [6.07, 6.45) is 2.99. The van der Waals surface area contributed by atoms with E-state index in [0.717, 1.165) is 24.9 Å². The second kappa shape index (κ2) is 5.01. The minimum atomic E-state index is 0.217. The van der Waals surface area contributed by atoms with Gasteiger partial charge < -0.3 is 11.1 Å². The molecule has 2 unspecified atom stereocenters. The quantitative estimate of drug-likeness (QED) is 0.784. The Morgan fingerprint density at radius 1 is 1.44 bits per heavy atom. The van der Waals surface area contributed by atoms with Crippen LogP contribution >= 0.6 is 0 Å². The van der Waals surface area contributed by atoms with Crippen LogP contribution in [0.2, 0.25) is 0 Å². The third-order valence-electron chi connectivity index (χ3n) is 4.17. The minimum absolute atomic E-state index is 0.217. The molecule has 0 spiro atoms. The largest absolute Gasteiger partial charge is 0.399 e. The van der Waals surface area contributed by atoms with E-state index in [-0.39, 0.29) is 17.2 Å². The zero-order chi connectivity index (χ0) is 13.2. The second-order valence-electron chi connectivity index (χ2n) is 5.55. The van der Waals surface area contributed by atoms with E-state index in [9.17, 15) is 4.79 Å². The molecule has 0 radical (unpaired) electrons. The van der Waals surface area contributed by atoms with E-state index in [1.54, 1.807) is 0 Å². The predicted octanol–water partition coefficient (Wildman–Crippen LogP) is 2.36. The van der Waals surface area contributed by atoms with Gasteiger partial charge in [0.05, 0.1) is 0 Å². The van der Waals surface area contributed by atoms with Crippen molar-refractivity contribution in [3.05, 3.63) is 29.8 Å². The van der Waals surface area contributed by atoms with Crippen molar-refractivity contribution in [2.24, 2.45) is 11.3 Å². The van der Waals surface area contributed by atoms with E-state index >= 15 is 0 Å². The molecular formula is C15H22N2O. The molecule has 1 amide bonds. The average molecular weight is 246 g/mol. The molecular weight excluding hydrogens is 224 g/mol. The minimum Gasteiger partial charge on any atom is -0.399 e. The van der Waals surface area contributed by atoms with Crippen molar-refractivity contribution in [2.75, 3.05) is 12.3 Å². The monoisotopic (exact) mass is 246 g/mol. The summed E-state index contributed by atoms with van der Waals surface area (Å²) >= 11 is 0. The van der Waals surface area contributed by atoms with Crippen LogP contribution in [0.4, 0.5) is 5.69 Å². The topological polar surface area (TPSA) is 55.1 Å². The maximum absolute atomic E-state index is 11.9. The van der Waals surface area contributed by atoms with E-state index < -0.39 is 0 Å². The fourth-order valence-corrected chi connectivity index (χ4v) is 2.34. The summed E-state index contributed by atoms with van der Waals surface area (Å²) in [5.41, 5.74) is 7.87. The number of anilines is 1. The van der Waals surface area contributed by atoms with Gasteiger partial charge in [0.1, 0.15) is 0 Å². The van der Waals surface area contributed by atoms with Crippen LogP contribution < -0.4 is 11.1 Å². The Balaban J connectivity index is 1.73. The molecule has 3 nitrogen and oxygen atoms in total. The summed E-state index contributed by atoms with van der Waals surface area (Å²) in [7, 11) is 0. The highest BCUT2D eigenvalue weighted by atomic mass is 16.2. The van der Waals surface area contributed by atoms with Crippen LogP contribution in [0.5, 0.6) is 0 Å². The van der Waals surface area contributed by atoms with Crippen LogP contribution in [0, 0.1) is 11.3 Å². The van der Waals surface area contributed by atoms with Crippen LogP contribution in [0.1, 0.15) is 32.3 Å². The summed E-state index contributed by atoms with van der Waals surface area (Å²) in [5, 5.41) is 3.03. The van der Waals surface area contributed by atoms with Gasteiger partial charge in [-0.3, -0.25) is 4.79 Å². The number of nitrogens with one attached hydrogen (secondary N) is 1. The Kier molecular flexibility index (Phi) is 3.60. The Morgan fingerprint density at radius 2 is 2.11 bits per heavy atom. The van der Waals surface area contributed by atoms with Crippen molar-refractivity contribution in [3.8, 4) is 0 Å². The van der Waals surface area contributed by atoms with Crippen molar-refractivity contribution in [3.63, 3.8) is 0 Å². The number of nitrogens with two attached hydrogens (primary N) is 1. The molecule has 1 aliphatic carbocycles. The number of hydrogen-bond acceptors (Lipinski definition) is 2. The van der Waals surface area contributed by atoms with E-state index in [4.69, 9.17) is 5.73 Å². The zero-order valence-electron chi connectivity index (χ0n) is 11.2. The van der Waals surface area contributed by atoms with Gasteiger partial charge in [-0.2, -0.15) is 0 Å². The first-order chi connectivity index (χ1) is 8.55. The van der Waals surface area contributed by atoms with Crippen molar-refractivity contribution in [2.45, 2.75) is 33.1 Å². The van der Waals surface area contributed by atoms with Crippen LogP contribution in [-0.2, 0) is 11.2 Å². The van der Waals surface area contributed by atoms with Crippen LogP contribution in [-0.4, -0.2) is 12.5 Å². The van der Waals surface area contributed by atoms with Gasteiger partial charge in [0.2, 0.25) is 5.91 Å². The van der Waals surface area contributed by atoms with Crippen LogP contribution in [0.3, 0.4) is 0 Å². The first-order valence-corrected chi connectivity index (χ1v) is 6.67. The summed E-state index contributed by atoms with van der Waals surface area (Å²) in [6.45, 7) is 5.05. The molecule has 2 atom stereocenters. The fourth-order valence-electron chi connectivity index (χ4n) is 2.34. The zero-order valence-corrected chi connectivity index (χ0v) is 11.2. The Morgan fingerprint density at radius 3 is 2.67 bits per heavy atom. The van der Waals surface area contributed by atoms with Crippen molar-refractivity contribution in [1.29, 1.82) is 0 Å². The lowest BCUT2D eigenvalue weighted by molar-refractivity contribution is -0.123. The van der Waals surface area contributed by atoms with Crippen molar-refractivity contribution >= 4 is 11.6 Å². The summed E-state index contributed by atoms with van der Waals surface area (Å²) in [5.74, 6) is 0.448. The number of carbonyl (C=O) groups is 1. The molecule has 1 aromatic carbocycles. The van der Waals surface area contributed by atoms with Gasteiger partial charge in [-0.1, -0.05) is 26.0 Å². The van der Waals surface area contributed by atoms with E-state index in [2.05, 4.69) is 19.2 Å². The van der Waals surface area contributed by atoms with Crippen molar-refractivity contribution in [1.82, 2.24) is 5.32 Å². The Labute approximate surface area is 109 Å². The molecule has 18 heavy (non-hydrogen) atoms. The van der Waals surface area contributed by atoms with Crippen molar-refractivity contribution < 1.29 is 4.79 Å². The highest BCUT2D eigenvalue weighted by Gasteiger charge is 2.52. The molecule has 0 aromatic heterocycles. The molecule has 1 aromatic rings. The average Bonchev–Trinajstić information content (AvgIpc) is 3.05. The molecule has 0 heterocycles. The second-order valence-corrected chi connectivity index (χ2v) is 5.55. The molecule has 1 aliphatic rings. The summed E-state index contributed by atoms with van der Waals surface area (Å²) < 4.78 is 0. The molecule has 98 valence electrons. The lowest BCUT2D eigenvalue weighted by atomic mass is 10.0. The van der Waals surface area contributed by atoms with Gasteiger partial charge >= 0.3 is 0 Å². The third kappa shape index (κ3) is 2.84. The lowest BCUT2D eigenvalue weighted by Crippen LogP contribution is -2.28. The normalized spacial score (nSPS) is 25.8. The van der Waals surface area contributed by atoms with Gasteiger partial charge in [-0.15, -0.1) is 0 Å². The smallest absolute Gasteiger partial charge is 0.223 e. The van der Waals surface area contributed by atoms with E-state index in [1.165, 1.54) is 5.56 Å².